The molecule has 1 aliphatic rings. The van der Waals surface area contributed by atoms with E-state index >= 15 is 0 Å². The number of carbonyl (C=O) groups is 1. The van der Waals surface area contributed by atoms with Crippen molar-refractivity contribution in [2.45, 2.75) is 44.8 Å². The van der Waals surface area contributed by atoms with E-state index < -0.39 is 10.9 Å². The number of nitro benzene ring substituents is 1. The van der Waals surface area contributed by atoms with Crippen molar-refractivity contribution in [1.82, 2.24) is 0 Å². The molecular weight excluding hydrogens is 288 g/mol. The number of hydrogen-bond acceptors (Lipinski definition) is 6. The van der Waals surface area contributed by atoms with E-state index in [-0.39, 0.29) is 30.0 Å². The van der Waals surface area contributed by atoms with Gasteiger partial charge in [0.1, 0.15) is 5.69 Å². The number of aliphatic hydroxyl groups is 1. The lowest BCUT2D eigenvalue weighted by atomic mass is 9.93. The molecule has 7 heteroatoms. The summed E-state index contributed by atoms with van der Waals surface area (Å²) in [6.07, 6.45) is 2.62. The Balaban J connectivity index is 2.16. The molecule has 7 nitrogen and oxygen atoms in total. The quantitative estimate of drug-likeness (QED) is 0.492. The van der Waals surface area contributed by atoms with Crippen LogP contribution in [0, 0.1) is 10.1 Å². The maximum Gasteiger partial charge on any atom is 0.338 e. The summed E-state index contributed by atoms with van der Waals surface area (Å²) in [6.45, 7) is 1.90. The SMILES string of the molecule is CCOC(=O)c1ccc(N[C@H]2CC[C@H](O)CC2)c([N+](=O)[O-])c1. The third-order valence-electron chi connectivity index (χ3n) is 3.76. The van der Waals surface area contributed by atoms with Crippen molar-refractivity contribution < 1.29 is 19.6 Å². The standard InChI is InChI=1S/C15H20N2O5/c1-2-22-15(19)10-3-8-13(14(9-10)17(20)21)16-11-4-6-12(18)7-5-11/h3,8-9,11-12,16,18H,2,4-7H2,1H3/t11-,12-. The summed E-state index contributed by atoms with van der Waals surface area (Å²) in [6, 6.07) is 4.38. The van der Waals surface area contributed by atoms with Crippen molar-refractivity contribution in [3.8, 4) is 0 Å². The number of aliphatic hydroxyl groups excluding tert-OH is 1. The monoisotopic (exact) mass is 308 g/mol. The smallest absolute Gasteiger partial charge is 0.338 e. The highest BCUT2D eigenvalue weighted by Crippen LogP contribution is 2.29. The van der Waals surface area contributed by atoms with Crippen molar-refractivity contribution in [3.63, 3.8) is 0 Å². The Kier molecular flexibility index (Phi) is 5.32. The van der Waals surface area contributed by atoms with Crippen LogP contribution >= 0.6 is 0 Å². The highest BCUT2D eigenvalue weighted by atomic mass is 16.6. The van der Waals surface area contributed by atoms with Gasteiger partial charge in [-0.25, -0.2) is 4.79 Å². The molecule has 0 amide bonds. The van der Waals surface area contributed by atoms with Gasteiger partial charge >= 0.3 is 5.97 Å². The van der Waals surface area contributed by atoms with Gasteiger partial charge < -0.3 is 15.2 Å². The molecule has 0 saturated heterocycles. The van der Waals surface area contributed by atoms with Gasteiger partial charge in [-0.1, -0.05) is 0 Å². The number of nitro groups is 1. The van der Waals surface area contributed by atoms with Crippen LogP contribution in [-0.4, -0.2) is 34.8 Å². The summed E-state index contributed by atoms with van der Waals surface area (Å²) in [5.41, 5.74) is 0.411. The average Bonchev–Trinajstić information content (AvgIpc) is 2.50. The summed E-state index contributed by atoms with van der Waals surface area (Å²) < 4.78 is 4.85. The number of ether oxygens (including phenoxy) is 1. The molecule has 0 radical (unpaired) electrons. The lowest BCUT2D eigenvalue weighted by Crippen LogP contribution is -2.28. The van der Waals surface area contributed by atoms with E-state index in [0.717, 1.165) is 12.8 Å². The van der Waals surface area contributed by atoms with Gasteiger partial charge in [0.15, 0.2) is 0 Å². The minimum absolute atomic E-state index is 0.0931. The largest absolute Gasteiger partial charge is 0.462 e. The van der Waals surface area contributed by atoms with Crippen LogP contribution in [0.25, 0.3) is 0 Å². The van der Waals surface area contributed by atoms with Crippen molar-refractivity contribution in [2.24, 2.45) is 0 Å². The Morgan fingerprint density at radius 3 is 2.68 bits per heavy atom. The van der Waals surface area contributed by atoms with Gasteiger partial charge in [-0.3, -0.25) is 10.1 Å². The molecule has 1 aromatic rings. The molecule has 120 valence electrons. The van der Waals surface area contributed by atoms with Crippen LogP contribution in [0.4, 0.5) is 11.4 Å². The average molecular weight is 308 g/mol. The highest BCUT2D eigenvalue weighted by molar-refractivity contribution is 5.91. The van der Waals surface area contributed by atoms with Crippen LogP contribution in [0.15, 0.2) is 18.2 Å². The maximum absolute atomic E-state index is 11.7. The van der Waals surface area contributed by atoms with Gasteiger partial charge in [-0.05, 0) is 44.7 Å². The van der Waals surface area contributed by atoms with Gasteiger partial charge in [0.05, 0.1) is 23.2 Å². The van der Waals surface area contributed by atoms with E-state index in [0.29, 0.717) is 18.5 Å². The Morgan fingerprint density at radius 1 is 1.41 bits per heavy atom. The molecule has 0 aliphatic heterocycles. The molecule has 1 aliphatic carbocycles. The Labute approximate surface area is 128 Å². The Hall–Kier alpha value is -2.15. The van der Waals surface area contributed by atoms with E-state index in [1.165, 1.54) is 18.2 Å². The van der Waals surface area contributed by atoms with Gasteiger partial charge in [0, 0.05) is 12.1 Å². The molecule has 2 rings (SSSR count). The molecule has 22 heavy (non-hydrogen) atoms. The number of carbonyl (C=O) groups excluding carboxylic acids is 1. The summed E-state index contributed by atoms with van der Waals surface area (Å²) in [5.74, 6) is -0.571. The lowest BCUT2D eigenvalue weighted by molar-refractivity contribution is -0.384. The molecule has 0 aromatic heterocycles. The zero-order valence-electron chi connectivity index (χ0n) is 12.4. The first-order chi connectivity index (χ1) is 10.5. The minimum atomic E-state index is -0.571. The molecule has 1 fully saturated rings. The summed E-state index contributed by atoms with van der Waals surface area (Å²) >= 11 is 0. The number of benzene rings is 1. The number of hydrogen-bond donors (Lipinski definition) is 2. The molecular formula is C15H20N2O5. The van der Waals surface area contributed by atoms with Gasteiger partial charge in [0.2, 0.25) is 0 Å². The Morgan fingerprint density at radius 2 is 2.09 bits per heavy atom. The van der Waals surface area contributed by atoms with Crippen molar-refractivity contribution in [1.29, 1.82) is 0 Å². The second kappa shape index (κ2) is 7.22. The maximum atomic E-state index is 11.7. The van der Waals surface area contributed by atoms with E-state index in [4.69, 9.17) is 4.74 Å². The zero-order valence-corrected chi connectivity index (χ0v) is 12.4. The second-order valence-corrected chi connectivity index (χ2v) is 5.36. The number of nitrogens with zero attached hydrogens (tertiary/aromatic N) is 1. The van der Waals surface area contributed by atoms with Crippen LogP contribution in [0.1, 0.15) is 43.0 Å². The molecule has 0 atom stereocenters. The first-order valence-electron chi connectivity index (χ1n) is 7.41. The van der Waals surface area contributed by atoms with Crippen LogP contribution in [0.2, 0.25) is 0 Å². The summed E-state index contributed by atoms with van der Waals surface area (Å²) in [4.78, 5) is 22.4. The third kappa shape index (κ3) is 3.94. The van der Waals surface area contributed by atoms with E-state index in [1.807, 2.05) is 0 Å². The molecule has 0 bridgehead atoms. The van der Waals surface area contributed by atoms with Crippen LogP contribution in [0.5, 0.6) is 0 Å². The fourth-order valence-electron chi connectivity index (χ4n) is 2.59. The van der Waals surface area contributed by atoms with Crippen LogP contribution < -0.4 is 5.32 Å². The van der Waals surface area contributed by atoms with Crippen LogP contribution in [0.3, 0.4) is 0 Å². The predicted molar refractivity (Wildman–Crippen MR) is 80.9 cm³/mol. The van der Waals surface area contributed by atoms with Gasteiger partial charge in [-0.2, -0.15) is 0 Å². The first kappa shape index (κ1) is 16.2. The Bertz CT molecular complexity index is 553. The molecule has 0 unspecified atom stereocenters. The number of esters is 1. The normalized spacial score (nSPS) is 21.2. The molecule has 1 saturated carbocycles. The van der Waals surface area contributed by atoms with Crippen molar-refractivity contribution in [3.05, 3.63) is 33.9 Å². The summed E-state index contributed by atoms with van der Waals surface area (Å²) in [5, 5.41) is 23.9. The van der Waals surface area contributed by atoms with Gasteiger partial charge in [-0.15, -0.1) is 0 Å². The molecule has 0 spiro atoms. The van der Waals surface area contributed by atoms with Gasteiger partial charge in [0.25, 0.3) is 5.69 Å². The summed E-state index contributed by atoms with van der Waals surface area (Å²) in [7, 11) is 0. The fourth-order valence-corrected chi connectivity index (χ4v) is 2.59. The highest BCUT2D eigenvalue weighted by Gasteiger charge is 2.23. The minimum Gasteiger partial charge on any atom is -0.462 e. The van der Waals surface area contributed by atoms with Crippen molar-refractivity contribution >= 4 is 17.3 Å². The third-order valence-corrected chi connectivity index (χ3v) is 3.76. The zero-order chi connectivity index (χ0) is 16.1. The first-order valence-corrected chi connectivity index (χ1v) is 7.41. The number of nitrogens with one attached hydrogen (secondary N) is 1. The van der Waals surface area contributed by atoms with Crippen molar-refractivity contribution in [2.75, 3.05) is 11.9 Å². The molecule has 2 N–H and O–H groups in total. The van der Waals surface area contributed by atoms with Crippen LogP contribution in [-0.2, 0) is 4.74 Å². The molecule has 0 heterocycles. The predicted octanol–water partition coefficient (Wildman–Crippen LogP) is 2.49. The topological polar surface area (TPSA) is 102 Å². The van der Waals surface area contributed by atoms with E-state index in [1.54, 1.807) is 6.92 Å². The molecule has 1 aromatic carbocycles. The fraction of sp³-hybridized carbons (Fsp3) is 0.533. The second-order valence-electron chi connectivity index (χ2n) is 5.36. The van der Waals surface area contributed by atoms with E-state index in [2.05, 4.69) is 5.32 Å². The van der Waals surface area contributed by atoms with E-state index in [9.17, 15) is 20.0 Å². The lowest BCUT2D eigenvalue weighted by Gasteiger charge is -2.26. The number of rotatable bonds is 5. The number of anilines is 1.